The Hall–Kier alpha value is -0.0200. The second-order valence-corrected chi connectivity index (χ2v) is 4.45. The van der Waals surface area contributed by atoms with Gasteiger partial charge in [-0.05, 0) is 25.5 Å². The molecule has 0 saturated carbocycles. The summed E-state index contributed by atoms with van der Waals surface area (Å²) in [4.78, 5) is 0. The van der Waals surface area contributed by atoms with E-state index in [0.717, 1.165) is 16.4 Å². The van der Waals surface area contributed by atoms with E-state index in [0.29, 0.717) is 0 Å². The van der Waals surface area contributed by atoms with Gasteiger partial charge in [-0.2, -0.15) is 0 Å². The van der Waals surface area contributed by atoms with Crippen LogP contribution in [-0.2, 0) is 10.7 Å². The number of hydrogen-bond acceptors (Lipinski definition) is 1. The third kappa shape index (κ3) is 2.99. The predicted molar refractivity (Wildman–Crippen MR) is 67.5 cm³/mol. The maximum absolute atomic E-state index is 5.73. The normalized spacial score (nSPS) is 10.6. The van der Waals surface area contributed by atoms with Crippen LogP contribution in [0.25, 0.3) is 0 Å². The van der Waals surface area contributed by atoms with Gasteiger partial charge in [0.05, 0.1) is 6.10 Å². The zero-order valence-electron chi connectivity index (χ0n) is 8.39. The van der Waals surface area contributed by atoms with E-state index in [1.54, 1.807) is 0 Å². The summed E-state index contributed by atoms with van der Waals surface area (Å²) in [6, 6.07) is 6.15. The van der Waals surface area contributed by atoms with Crippen LogP contribution >= 0.6 is 31.9 Å². The lowest BCUT2D eigenvalue weighted by Crippen LogP contribution is -2.07. The van der Waals surface area contributed by atoms with Crippen molar-refractivity contribution >= 4 is 31.9 Å². The molecule has 3 heteroatoms. The summed E-state index contributed by atoms with van der Waals surface area (Å²) in [5, 5.41) is 1.69. The smallest absolute Gasteiger partial charge is 0.124 e. The molecule has 0 aliphatic rings. The summed E-state index contributed by atoms with van der Waals surface area (Å²) < 4.78 is 5.73. The largest absolute Gasteiger partial charge is 0.491 e. The van der Waals surface area contributed by atoms with Crippen LogP contribution in [0.1, 0.15) is 25.0 Å². The van der Waals surface area contributed by atoms with Crippen LogP contribution in [-0.4, -0.2) is 6.10 Å². The fourth-order valence-corrected chi connectivity index (χ4v) is 2.41. The van der Waals surface area contributed by atoms with Gasteiger partial charge in [-0.15, -0.1) is 0 Å². The number of hydrogen-bond donors (Lipinski definition) is 0. The van der Waals surface area contributed by atoms with E-state index in [1.807, 2.05) is 26.0 Å². The van der Waals surface area contributed by atoms with E-state index in [4.69, 9.17) is 4.74 Å². The fourth-order valence-electron chi connectivity index (χ4n) is 1.25. The Morgan fingerprint density at radius 1 is 1.21 bits per heavy atom. The molecular weight excluding hydrogens is 308 g/mol. The zero-order chi connectivity index (χ0) is 10.6. The molecule has 0 heterocycles. The molecule has 0 amide bonds. The average molecular weight is 322 g/mol. The minimum absolute atomic E-state index is 0.221. The second kappa shape index (κ2) is 5.76. The molecule has 0 aromatic heterocycles. The Labute approximate surface area is 102 Å². The van der Waals surface area contributed by atoms with Crippen LogP contribution in [0.2, 0.25) is 0 Å². The Morgan fingerprint density at radius 2 is 1.93 bits per heavy atom. The standard InChI is InChI=1S/C11H14Br2O/c1-8(2)14-11-5-3-4-9(6-12)10(11)7-13/h3-5,8H,6-7H2,1-2H3. The first-order valence-corrected chi connectivity index (χ1v) is 6.82. The lowest BCUT2D eigenvalue weighted by Gasteiger charge is -2.15. The fraction of sp³-hybridized carbons (Fsp3) is 0.455. The van der Waals surface area contributed by atoms with E-state index in [2.05, 4.69) is 37.9 Å². The molecule has 0 aliphatic heterocycles. The van der Waals surface area contributed by atoms with Crippen molar-refractivity contribution in [3.8, 4) is 5.75 Å². The molecule has 0 saturated heterocycles. The van der Waals surface area contributed by atoms with E-state index in [-0.39, 0.29) is 6.10 Å². The molecule has 1 aromatic rings. The number of rotatable bonds is 4. The number of benzene rings is 1. The van der Waals surface area contributed by atoms with Crippen LogP contribution in [0.4, 0.5) is 0 Å². The van der Waals surface area contributed by atoms with Gasteiger partial charge in [-0.1, -0.05) is 44.0 Å². The molecule has 0 radical (unpaired) electrons. The van der Waals surface area contributed by atoms with Gasteiger partial charge in [0, 0.05) is 16.2 Å². The summed E-state index contributed by atoms with van der Waals surface area (Å²) in [5.41, 5.74) is 2.51. The molecule has 0 fully saturated rings. The summed E-state index contributed by atoms with van der Waals surface area (Å²) in [7, 11) is 0. The molecule has 0 N–H and O–H groups in total. The van der Waals surface area contributed by atoms with E-state index < -0.39 is 0 Å². The van der Waals surface area contributed by atoms with E-state index in [9.17, 15) is 0 Å². The highest BCUT2D eigenvalue weighted by molar-refractivity contribution is 9.09. The van der Waals surface area contributed by atoms with E-state index >= 15 is 0 Å². The Balaban J connectivity index is 3.02. The number of ether oxygens (including phenoxy) is 1. The predicted octanol–water partition coefficient (Wildman–Crippen LogP) is 4.26. The van der Waals surface area contributed by atoms with Crippen LogP contribution in [0.5, 0.6) is 5.75 Å². The summed E-state index contributed by atoms with van der Waals surface area (Å²) in [6.45, 7) is 4.08. The third-order valence-electron chi connectivity index (χ3n) is 1.87. The molecule has 0 aliphatic carbocycles. The minimum atomic E-state index is 0.221. The molecule has 0 spiro atoms. The highest BCUT2D eigenvalue weighted by atomic mass is 79.9. The summed E-state index contributed by atoms with van der Waals surface area (Å²) >= 11 is 6.96. The Morgan fingerprint density at radius 3 is 2.43 bits per heavy atom. The van der Waals surface area contributed by atoms with Crippen LogP contribution in [0, 0.1) is 0 Å². The monoisotopic (exact) mass is 320 g/mol. The zero-order valence-corrected chi connectivity index (χ0v) is 11.6. The molecular formula is C11H14Br2O. The van der Waals surface area contributed by atoms with Crippen molar-refractivity contribution in [3.05, 3.63) is 29.3 Å². The van der Waals surface area contributed by atoms with Crippen LogP contribution in [0.15, 0.2) is 18.2 Å². The van der Waals surface area contributed by atoms with Gasteiger partial charge < -0.3 is 4.74 Å². The molecule has 0 bridgehead atoms. The van der Waals surface area contributed by atoms with Crippen molar-refractivity contribution in [2.45, 2.75) is 30.6 Å². The van der Waals surface area contributed by atoms with Gasteiger partial charge in [0.1, 0.15) is 5.75 Å². The molecule has 14 heavy (non-hydrogen) atoms. The molecule has 0 unspecified atom stereocenters. The average Bonchev–Trinajstić information content (AvgIpc) is 2.16. The first-order chi connectivity index (χ1) is 6.69. The van der Waals surface area contributed by atoms with Gasteiger partial charge in [0.2, 0.25) is 0 Å². The van der Waals surface area contributed by atoms with Crippen molar-refractivity contribution in [1.82, 2.24) is 0 Å². The molecule has 78 valence electrons. The minimum Gasteiger partial charge on any atom is -0.491 e. The molecule has 0 atom stereocenters. The maximum Gasteiger partial charge on any atom is 0.124 e. The molecule has 1 aromatic carbocycles. The Bertz CT molecular complexity index is 297. The number of alkyl halides is 2. The summed E-state index contributed by atoms with van der Waals surface area (Å²) in [5.74, 6) is 0.980. The van der Waals surface area contributed by atoms with Crippen molar-refractivity contribution in [2.24, 2.45) is 0 Å². The Kier molecular flexibility index (Phi) is 4.96. The van der Waals surface area contributed by atoms with E-state index in [1.165, 1.54) is 11.1 Å². The first-order valence-electron chi connectivity index (χ1n) is 4.58. The van der Waals surface area contributed by atoms with Crippen molar-refractivity contribution in [1.29, 1.82) is 0 Å². The van der Waals surface area contributed by atoms with Crippen molar-refractivity contribution in [2.75, 3.05) is 0 Å². The molecule has 1 nitrogen and oxygen atoms in total. The maximum atomic E-state index is 5.73. The highest BCUT2D eigenvalue weighted by Gasteiger charge is 2.08. The quantitative estimate of drug-likeness (QED) is 0.753. The topological polar surface area (TPSA) is 9.23 Å². The van der Waals surface area contributed by atoms with Gasteiger partial charge in [0.15, 0.2) is 0 Å². The van der Waals surface area contributed by atoms with Crippen LogP contribution < -0.4 is 4.74 Å². The van der Waals surface area contributed by atoms with Gasteiger partial charge in [-0.3, -0.25) is 0 Å². The SMILES string of the molecule is CC(C)Oc1cccc(CBr)c1CBr. The van der Waals surface area contributed by atoms with Gasteiger partial charge >= 0.3 is 0 Å². The molecule has 1 rings (SSSR count). The van der Waals surface area contributed by atoms with Crippen molar-refractivity contribution < 1.29 is 4.74 Å². The second-order valence-electron chi connectivity index (χ2n) is 3.33. The summed E-state index contributed by atoms with van der Waals surface area (Å²) in [6.07, 6.45) is 0.221. The van der Waals surface area contributed by atoms with Crippen LogP contribution in [0.3, 0.4) is 0 Å². The number of halogens is 2. The lowest BCUT2D eigenvalue weighted by molar-refractivity contribution is 0.240. The highest BCUT2D eigenvalue weighted by Crippen LogP contribution is 2.27. The van der Waals surface area contributed by atoms with Crippen molar-refractivity contribution in [3.63, 3.8) is 0 Å². The lowest BCUT2D eigenvalue weighted by atomic mass is 10.1. The first kappa shape index (κ1) is 12.1. The third-order valence-corrected chi connectivity index (χ3v) is 3.04. The van der Waals surface area contributed by atoms with Gasteiger partial charge in [-0.25, -0.2) is 0 Å². The van der Waals surface area contributed by atoms with Gasteiger partial charge in [0.25, 0.3) is 0 Å².